The lowest BCUT2D eigenvalue weighted by molar-refractivity contribution is -0.116. The molecule has 3 nitrogen and oxygen atoms in total. The molecule has 3 heteroatoms. The van der Waals surface area contributed by atoms with Gasteiger partial charge in [0.2, 0.25) is 0 Å². The maximum absolute atomic E-state index is 11.9. The SMILES string of the molecule is C[C@]12CCC3C4CCC(=O)C=C4[C@H](CO)CC3C1CC[C@@H]2C#N. The second kappa shape index (κ2) is 5.45. The molecule has 0 aromatic heterocycles. The number of carbonyl (C=O) groups is 1. The Hall–Kier alpha value is -1.14. The van der Waals surface area contributed by atoms with Gasteiger partial charge < -0.3 is 5.11 Å². The average molecular weight is 313 g/mol. The van der Waals surface area contributed by atoms with Crippen LogP contribution in [-0.2, 0) is 4.79 Å². The molecule has 0 radical (unpaired) electrons. The molecule has 0 bridgehead atoms. The van der Waals surface area contributed by atoms with Crippen LogP contribution in [0.1, 0.15) is 51.9 Å². The highest BCUT2D eigenvalue weighted by molar-refractivity contribution is 5.91. The van der Waals surface area contributed by atoms with Crippen LogP contribution in [0.5, 0.6) is 0 Å². The van der Waals surface area contributed by atoms with Crippen LogP contribution in [-0.4, -0.2) is 17.5 Å². The van der Waals surface area contributed by atoms with E-state index in [0.29, 0.717) is 30.1 Å². The molecule has 0 aromatic rings. The zero-order chi connectivity index (χ0) is 16.2. The Morgan fingerprint density at radius 1 is 1.30 bits per heavy atom. The fourth-order valence-corrected chi connectivity index (χ4v) is 6.72. The minimum atomic E-state index is 0.171. The Kier molecular flexibility index (Phi) is 3.65. The summed E-state index contributed by atoms with van der Waals surface area (Å²) in [5.74, 6) is 3.10. The Morgan fingerprint density at radius 3 is 2.87 bits per heavy atom. The van der Waals surface area contributed by atoms with Gasteiger partial charge in [0, 0.05) is 18.9 Å². The predicted octanol–water partition coefficient (Wildman–Crippen LogP) is 3.49. The molecule has 0 heterocycles. The van der Waals surface area contributed by atoms with Crippen molar-refractivity contribution in [3.05, 3.63) is 11.6 Å². The summed E-state index contributed by atoms with van der Waals surface area (Å²) in [6.07, 6.45) is 9.14. The molecular formula is C20H27NO2. The molecular weight excluding hydrogens is 286 g/mol. The molecule has 3 saturated carbocycles. The van der Waals surface area contributed by atoms with Crippen molar-refractivity contribution >= 4 is 5.78 Å². The zero-order valence-electron chi connectivity index (χ0n) is 14.0. The van der Waals surface area contributed by atoms with E-state index in [1.807, 2.05) is 6.08 Å². The first-order valence-corrected chi connectivity index (χ1v) is 9.33. The molecule has 23 heavy (non-hydrogen) atoms. The highest BCUT2D eigenvalue weighted by Gasteiger charge is 2.57. The molecule has 0 aromatic carbocycles. The van der Waals surface area contributed by atoms with E-state index in [-0.39, 0.29) is 29.6 Å². The van der Waals surface area contributed by atoms with E-state index in [9.17, 15) is 15.2 Å². The second-order valence-electron chi connectivity index (χ2n) is 8.61. The fourth-order valence-electron chi connectivity index (χ4n) is 6.72. The third kappa shape index (κ3) is 2.14. The largest absolute Gasteiger partial charge is 0.396 e. The predicted molar refractivity (Wildman–Crippen MR) is 87.2 cm³/mol. The molecule has 0 spiro atoms. The van der Waals surface area contributed by atoms with E-state index in [2.05, 4.69) is 13.0 Å². The van der Waals surface area contributed by atoms with Crippen molar-refractivity contribution in [1.29, 1.82) is 5.26 Å². The molecule has 0 saturated heterocycles. The first kappa shape index (κ1) is 15.4. The highest BCUT2D eigenvalue weighted by Crippen LogP contribution is 2.64. The summed E-state index contributed by atoms with van der Waals surface area (Å²) in [6, 6.07) is 2.58. The minimum absolute atomic E-state index is 0.171. The lowest BCUT2D eigenvalue weighted by Gasteiger charge is -2.55. The van der Waals surface area contributed by atoms with E-state index in [0.717, 1.165) is 19.3 Å². The minimum Gasteiger partial charge on any atom is -0.396 e. The van der Waals surface area contributed by atoms with Gasteiger partial charge >= 0.3 is 0 Å². The van der Waals surface area contributed by atoms with Gasteiger partial charge in [0.25, 0.3) is 0 Å². The van der Waals surface area contributed by atoms with Crippen molar-refractivity contribution in [2.75, 3.05) is 6.61 Å². The molecule has 4 rings (SSSR count). The van der Waals surface area contributed by atoms with Crippen LogP contribution in [0, 0.1) is 52.3 Å². The van der Waals surface area contributed by atoms with E-state index in [1.54, 1.807) is 0 Å². The van der Waals surface area contributed by atoms with Gasteiger partial charge in [-0.25, -0.2) is 0 Å². The summed E-state index contributed by atoms with van der Waals surface area (Å²) in [6.45, 7) is 2.52. The summed E-state index contributed by atoms with van der Waals surface area (Å²) in [5.41, 5.74) is 1.44. The summed E-state index contributed by atoms with van der Waals surface area (Å²) < 4.78 is 0. The van der Waals surface area contributed by atoms with Crippen molar-refractivity contribution in [3.8, 4) is 6.07 Å². The number of nitriles is 1. The lowest BCUT2D eigenvalue weighted by atomic mass is 9.50. The lowest BCUT2D eigenvalue weighted by Crippen LogP contribution is -2.48. The van der Waals surface area contributed by atoms with Gasteiger partial charge in [-0.15, -0.1) is 0 Å². The van der Waals surface area contributed by atoms with Crippen molar-refractivity contribution in [3.63, 3.8) is 0 Å². The number of fused-ring (bicyclic) bond motifs is 5. The third-order valence-corrected chi connectivity index (χ3v) is 7.87. The molecule has 0 amide bonds. The first-order valence-electron chi connectivity index (χ1n) is 9.33. The smallest absolute Gasteiger partial charge is 0.155 e. The summed E-state index contributed by atoms with van der Waals surface area (Å²) in [4.78, 5) is 11.9. The number of nitrogens with zero attached hydrogens (tertiary/aromatic N) is 1. The van der Waals surface area contributed by atoms with Crippen LogP contribution in [0.25, 0.3) is 0 Å². The van der Waals surface area contributed by atoms with Crippen LogP contribution in [0.4, 0.5) is 0 Å². The van der Waals surface area contributed by atoms with Crippen molar-refractivity contribution in [2.45, 2.75) is 51.9 Å². The monoisotopic (exact) mass is 313 g/mol. The van der Waals surface area contributed by atoms with Gasteiger partial charge in [-0.3, -0.25) is 4.79 Å². The van der Waals surface area contributed by atoms with Gasteiger partial charge in [0.05, 0.1) is 12.0 Å². The number of ketones is 1. The Balaban J connectivity index is 1.68. The van der Waals surface area contributed by atoms with E-state index >= 15 is 0 Å². The first-order chi connectivity index (χ1) is 11.1. The molecule has 1 N–H and O–H groups in total. The number of hydrogen-bond acceptors (Lipinski definition) is 3. The molecule has 0 aliphatic heterocycles. The van der Waals surface area contributed by atoms with Crippen LogP contribution < -0.4 is 0 Å². The summed E-state index contributed by atoms with van der Waals surface area (Å²) in [7, 11) is 0. The van der Waals surface area contributed by atoms with Crippen molar-refractivity contribution in [2.24, 2.45) is 40.9 Å². The Morgan fingerprint density at radius 2 is 2.13 bits per heavy atom. The summed E-state index contributed by atoms with van der Waals surface area (Å²) >= 11 is 0. The van der Waals surface area contributed by atoms with Gasteiger partial charge in [0.15, 0.2) is 5.78 Å². The molecule has 4 unspecified atom stereocenters. The maximum Gasteiger partial charge on any atom is 0.155 e. The maximum atomic E-state index is 11.9. The standard InChI is InChI=1S/C20H27NO2/c1-20-7-6-16-15-4-3-14(23)9-17(15)12(11-22)8-18(16)19(20)5-2-13(20)10-21/h9,12-13,15-16,18-19,22H,2-8,11H2,1H3/t12-,13+,15?,16?,18?,19?,20+/m0/s1. The van der Waals surface area contributed by atoms with Gasteiger partial charge in [-0.2, -0.15) is 5.26 Å². The number of aliphatic hydroxyl groups is 1. The van der Waals surface area contributed by atoms with Gasteiger partial charge in [-0.05, 0) is 73.7 Å². The second-order valence-corrected chi connectivity index (χ2v) is 8.61. The quantitative estimate of drug-likeness (QED) is 0.806. The highest BCUT2D eigenvalue weighted by atomic mass is 16.3. The van der Waals surface area contributed by atoms with E-state index < -0.39 is 0 Å². The Labute approximate surface area is 138 Å². The third-order valence-electron chi connectivity index (χ3n) is 7.87. The average Bonchev–Trinajstić information content (AvgIpc) is 2.90. The zero-order valence-corrected chi connectivity index (χ0v) is 14.0. The number of hydrogen-bond donors (Lipinski definition) is 1. The molecule has 4 aliphatic rings. The molecule has 7 atom stereocenters. The normalized spacial score (nSPS) is 48.7. The number of aliphatic hydroxyl groups excluding tert-OH is 1. The topological polar surface area (TPSA) is 61.1 Å². The molecule has 4 aliphatic carbocycles. The van der Waals surface area contributed by atoms with E-state index in [4.69, 9.17) is 0 Å². The van der Waals surface area contributed by atoms with Crippen LogP contribution in [0.2, 0.25) is 0 Å². The van der Waals surface area contributed by atoms with Crippen LogP contribution >= 0.6 is 0 Å². The van der Waals surface area contributed by atoms with Crippen LogP contribution in [0.3, 0.4) is 0 Å². The van der Waals surface area contributed by atoms with E-state index in [1.165, 1.54) is 24.8 Å². The van der Waals surface area contributed by atoms with Crippen molar-refractivity contribution in [1.82, 2.24) is 0 Å². The molecule has 3 fully saturated rings. The number of carbonyl (C=O) groups excluding carboxylic acids is 1. The summed E-state index contributed by atoms with van der Waals surface area (Å²) in [5, 5.41) is 19.4. The Bertz CT molecular complexity index is 589. The fraction of sp³-hybridized carbons (Fsp3) is 0.800. The molecule has 124 valence electrons. The van der Waals surface area contributed by atoms with Crippen molar-refractivity contribution < 1.29 is 9.90 Å². The van der Waals surface area contributed by atoms with Gasteiger partial charge in [0.1, 0.15) is 0 Å². The van der Waals surface area contributed by atoms with Crippen LogP contribution in [0.15, 0.2) is 11.6 Å². The van der Waals surface area contributed by atoms with Gasteiger partial charge in [-0.1, -0.05) is 12.5 Å². The number of rotatable bonds is 1.